The predicted octanol–water partition coefficient (Wildman–Crippen LogP) is 5.80. The Balaban J connectivity index is 1.30. The zero-order chi connectivity index (χ0) is 18.9. The highest BCUT2D eigenvalue weighted by molar-refractivity contribution is 7.15. The van der Waals surface area contributed by atoms with Crippen molar-refractivity contribution in [2.75, 3.05) is 6.54 Å². The minimum absolute atomic E-state index is 0.864. The van der Waals surface area contributed by atoms with Crippen LogP contribution in [0.25, 0.3) is 21.1 Å². The highest BCUT2D eigenvalue weighted by Crippen LogP contribution is 2.32. The summed E-state index contributed by atoms with van der Waals surface area (Å²) < 4.78 is 0. The van der Waals surface area contributed by atoms with Crippen LogP contribution < -0.4 is 0 Å². The molecule has 5 rings (SSSR count). The van der Waals surface area contributed by atoms with E-state index in [9.17, 15) is 0 Å². The highest BCUT2D eigenvalue weighted by atomic mass is 32.1. The van der Waals surface area contributed by atoms with Crippen LogP contribution in [0.3, 0.4) is 0 Å². The first-order valence-electron chi connectivity index (χ1n) is 9.52. The second-order valence-electron chi connectivity index (χ2n) is 7.18. The van der Waals surface area contributed by atoms with E-state index in [2.05, 4.69) is 70.7 Å². The molecule has 0 radical (unpaired) electrons. The lowest BCUT2D eigenvalue weighted by molar-refractivity contribution is 0.245. The summed E-state index contributed by atoms with van der Waals surface area (Å²) in [6, 6.07) is 17.3. The number of benzene rings is 1. The van der Waals surface area contributed by atoms with Gasteiger partial charge in [0.15, 0.2) is 5.82 Å². The van der Waals surface area contributed by atoms with Gasteiger partial charge >= 0.3 is 0 Å². The van der Waals surface area contributed by atoms with Crippen LogP contribution in [0.1, 0.15) is 21.7 Å². The topological polar surface area (TPSA) is 29.0 Å². The summed E-state index contributed by atoms with van der Waals surface area (Å²) in [6.07, 6.45) is 3.02. The molecule has 0 saturated carbocycles. The Morgan fingerprint density at radius 1 is 1.04 bits per heavy atom. The van der Waals surface area contributed by atoms with Crippen LogP contribution in [0.5, 0.6) is 0 Å². The summed E-state index contributed by atoms with van der Waals surface area (Å²) in [5, 5.41) is 2.08. The summed E-state index contributed by atoms with van der Waals surface area (Å²) >= 11 is 3.60. The van der Waals surface area contributed by atoms with Gasteiger partial charge in [-0.1, -0.05) is 30.3 Å². The predicted molar refractivity (Wildman–Crippen MR) is 118 cm³/mol. The second-order valence-corrected chi connectivity index (χ2v) is 9.30. The first kappa shape index (κ1) is 17.7. The van der Waals surface area contributed by atoms with Gasteiger partial charge in [-0.2, -0.15) is 0 Å². The number of fused-ring (bicyclic) bond motifs is 1. The fraction of sp³-hybridized carbons (Fsp3) is 0.217. The third-order valence-corrected chi connectivity index (χ3v) is 7.18. The van der Waals surface area contributed by atoms with Gasteiger partial charge in [0.1, 0.15) is 0 Å². The molecule has 0 fully saturated rings. The molecule has 1 aliphatic rings. The maximum absolute atomic E-state index is 4.83. The number of rotatable bonds is 4. The normalized spacial score (nSPS) is 14.2. The van der Waals surface area contributed by atoms with Crippen LogP contribution in [0, 0.1) is 6.92 Å². The van der Waals surface area contributed by atoms with Gasteiger partial charge in [0.2, 0.25) is 0 Å². The average molecular weight is 404 g/mol. The van der Waals surface area contributed by atoms with Crippen molar-refractivity contribution in [1.29, 1.82) is 0 Å². The zero-order valence-electron chi connectivity index (χ0n) is 15.8. The van der Waals surface area contributed by atoms with Gasteiger partial charge in [-0.25, -0.2) is 9.97 Å². The molecule has 140 valence electrons. The average Bonchev–Trinajstić information content (AvgIpc) is 3.40. The van der Waals surface area contributed by atoms with E-state index >= 15 is 0 Å². The number of nitrogens with zero attached hydrogens (tertiary/aromatic N) is 3. The Morgan fingerprint density at radius 3 is 2.82 bits per heavy atom. The lowest BCUT2D eigenvalue weighted by Crippen LogP contribution is -2.30. The third-order valence-electron chi connectivity index (χ3n) is 5.21. The van der Waals surface area contributed by atoms with Crippen molar-refractivity contribution in [2.45, 2.75) is 26.4 Å². The lowest BCUT2D eigenvalue weighted by atomic mass is 10.1. The Hall–Kier alpha value is -2.34. The molecule has 0 saturated heterocycles. The van der Waals surface area contributed by atoms with Crippen molar-refractivity contribution in [2.24, 2.45) is 0 Å². The smallest absolute Gasteiger partial charge is 0.169 e. The van der Waals surface area contributed by atoms with Crippen molar-refractivity contribution in [3.8, 4) is 21.1 Å². The summed E-state index contributed by atoms with van der Waals surface area (Å²) in [5.74, 6) is 0.864. The molecule has 3 nitrogen and oxygen atoms in total. The molecule has 28 heavy (non-hydrogen) atoms. The summed E-state index contributed by atoms with van der Waals surface area (Å²) in [4.78, 5) is 15.9. The van der Waals surface area contributed by atoms with Crippen LogP contribution in [0.2, 0.25) is 0 Å². The fourth-order valence-electron chi connectivity index (χ4n) is 3.71. The molecule has 0 bridgehead atoms. The largest absolute Gasteiger partial charge is 0.293 e. The first-order valence-corrected chi connectivity index (χ1v) is 11.2. The van der Waals surface area contributed by atoms with E-state index in [0.29, 0.717) is 0 Å². The Morgan fingerprint density at radius 2 is 1.96 bits per heavy atom. The molecule has 4 heterocycles. The van der Waals surface area contributed by atoms with E-state index in [-0.39, 0.29) is 0 Å². The fourth-order valence-corrected chi connectivity index (χ4v) is 5.52. The minimum Gasteiger partial charge on any atom is -0.293 e. The van der Waals surface area contributed by atoms with Gasteiger partial charge in [0.05, 0.1) is 10.6 Å². The van der Waals surface area contributed by atoms with Gasteiger partial charge in [-0.3, -0.25) is 4.90 Å². The number of thiophene rings is 2. The third kappa shape index (κ3) is 3.53. The summed E-state index contributed by atoms with van der Waals surface area (Å²) in [5.41, 5.74) is 5.16. The van der Waals surface area contributed by atoms with Crippen LogP contribution in [-0.4, -0.2) is 21.4 Å². The molecule has 4 aromatic rings. The number of hydrogen-bond donors (Lipinski definition) is 0. The van der Waals surface area contributed by atoms with Gasteiger partial charge in [-0.05, 0) is 41.6 Å². The number of aryl methyl sites for hydroxylation is 1. The van der Waals surface area contributed by atoms with Gasteiger partial charge in [0.25, 0.3) is 0 Å². The molecule has 0 spiro atoms. The standard InChI is InChI=1S/C23H21N3S2/c1-16-5-2-3-6-19(16)21-9-8-18(28-21)15-26-11-10-20-17(14-26)13-24-23(25-20)22-7-4-12-27-22/h2-9,12-13H,10-11,14-15H2,1H3. The SMILES string of the molecule is Cc1ccccc1-c1ccc(CN2CCc3nc(-c4cccs4)ncc3C2)s1. The second kappa shape index (κ2) is 7.59. The maximum atomic E-state index is 4.83. The van der Waals surface area contributed by atoms with Gasteiger partial charge < -0.3 is 0 Å². The van der Waals surface area contributed by atoms with Gasteiger partial charge in [-0.15, -0.1) is 22.7 Å². The Labute approximate surface area is 173 Å². The molecule has 0 aliphatic carbocycles. The molecule has 0 amide bonds. The van der Waals surface area contributed by atoms with E-state index in [4.69, 9.17) is 4.98 Å². The zero-order valence-corrected chi connectivity index (χ0v) is 17.4. The Bertz CT molecular complexity index is 1100. The molecular weight excluding hydrogens is 382 g/mol. The molecule has 0 atom stereocenters. The molecule has 5 heteroatoms. The molecular formula is C23H21N3S2. The number of hydrogen-bond acceptors (Lipinski definition) is 5. The van der Waals surface area contributed by atoms with Crippen LogP contribution in [0.15, 0.2) is 60.1 Å². The van der Waals surface area contributed by atoms with E-state index < -0.39 is 0 Å². The summed E-state index contributed by atoms with van der Waals surface area (Å²) in [7, 11) is 0. The van der Waals surface area contributed by atoms with E-state index in [1.807, 2.05) is 17.5 Å². The quantitative estimate of drug-likeness (QED) is 0.431. The molecule has 1 aromatic carbocycles. The molecule has 3 aromatic heterocycles. The van der Waals surface area contributed by atoms with Gasteiger partial charge in [0, 0.05) is 47.6 Å². The van der Waals surface area contributed by atoms with Crippen molar-refractivity contribution in [1.82, 2.24) is 14.9 Å². The van der Waals surface area contributed by atoms with Crippen molar-refractivity contribution in [3.05, 3.63) is 81.8 Å². The summed E-state index contributed by atoms with van der Waals surface area (Å²) in [6.45, 7) is 5.15. The van der Waals surface area contributed by atoms with Crippen LogP contribution in [-0.2, 0) is 19.5 Å². The van der Waals surface area contributed by atoms with Crippen molar-refractivity contribution in [3.63, 3.8) is 0 Å². The van der Waals surface area contributed by atoms with E-state index in [0.717, 1.165) is 36.8 Å². The van der Waals surface area contributed by atoms with E-state index in [1.54, 1.807) is 11.3 Å². The van der Waals surface area contributed by atoms with Crippen LogP contribution >= 0.6 is 22.7 Å². The lowest BCUT2D eigenvalue weighted by Gasteiger charge is -2.27. The molecule has 0 unspecified atom stereocenters. The van der Waals surface area contributed by atoms with E-state index in [1.165, 1.54) is 32.1 Å². The van der Waals surface area contributed by atoms with Crippen molar-refractivity contribution < 1.29 is 0 Å². The first-order chi connectivity index (χ1) is 13.8. The highest BCUT2D eigenvalue weighted by Gasteiger charge is 2.20. The maximum Gasteiger partial charge on any atom is 0.169 e. The Kier molecular flexibility index (Phi) is 4.81. The van der Waals surface area contributed by atoms with Crippen molar-refractivity contribution >= 4 is 22.7 Å². The monoisotopic (exact) mass is 403 g/mol. The molecule has 0 N–H and O–H groups in total. The number of aromatic nitrogens is 2. The minimum atomic E-state index is 0.864. The molecule has 1 aliphatic heterocycles. The van der Waals surface area contributed by atoms with Crippen LogP contribution in [0.4, 0.5) is 0 Å².